The van der Waals surface area contributed by atoms with Crippen LogP contribution in [-0.2, 0) is 4.79 Å². The number of nitrogens with zero attached hydrogens (tertiary/aromatic N) is 2. The number of para-hydroxylation sites is 1. The van der Waals surface area contributed by atoms with E-state index < -0.39 is 5.63 Å². The molecule has 0 aliphatic carbocycles. The quantitative estimate of drug-likeness (QED) is 0.805. The second-order valence-electron chi connectivity index (χ2n) is 6.67. The normalized spacial score (nSPS) is 14.8. The van der Waals surface area contributed by atoms with Crippen molar-refractivity contribution in [2.45, 2.75) is 33.1 Å². The van der Waals surface area contributed by atoms with Crippen LogP contribution in [0.4, 0.5) is 11.4 Å². The van der Waals surface area contributed by atoms with E-state index in [1.165, 1.54) is 6.42 Å². The predicted molar refractivity (Wildman–Crippen MR) is 105 cm³/mol. The largest absolute Gasteiger partial charge is 0.421 e. The zero-order valence-electron chi connectivity index (χ0n) is 15.6. The monoisotopic (exact) mass is 357 g/mol. The molecule has 0 bridgehead atoms. The summed E-state index contributed by atoms with van der Waals surface area (Å²) in [6.45, 7) is 7.63. The molecule has 1 aliphatic heterocycles. The molecule has 1 aromatic carbocycles. The number of rotatable bonds is 6. The Hall–Kier alpha value is -2.34. The molecule has 1 fully saturated rings. The number of likely N-dealkylation sites (N-methyl/N-ethyl adjacent to an activating group) is 1. The third-order valence-corrected chi connectivity index (χ3v) is 4.98. The van der Waals surface area contributed by atoms with Gasteiger partial charge in [-0.15, -0.1) is 0 Å². The third kappa shape index (κ3) is 3.90. The van der Waals surface area contributed by atoms with E-state index >= 15 is 0 Å². The summed E-state index contributed by atoms with van der Waals surface area (Å²) in [4.78, 5) is 29.4. The first-order valence-electron chi connectivity index (χ1n) is 9.47. The molecule has 0 atom stereocenters. The second-order valence-corrected chi connectivity index (χ2v) is 6.67. The summed E-state index contributed by atoms with van der Waals surface area (Å²) in [5.74, 6) is -0.186. The minimum absolute atomic E-state index is 0.186. The van der Waals surface area contributed by atoms with E-state index in [0.29, 0.717) is 5.58 Å². The van der Waals surface area contributed by atoms with Crippen molar-refractivity contribution in [1.29, 1.82) is 0 Å². The first-order valence-corrected chi connectivity index (χ1v) is 9.47. The number of hydrogen-bond acceptors (Lipinski definition) is 5. The van der Waals surface area contributed by atoms with Gasteiger partial charge >= 0.3 is 5.63 Å². The molecule has 2 heterocycles. The van der Waals surface area contributed by atoms with Gasteiger partial charge < -0.3 is 14.6 Å². The summed E-state index contributed by atoms with van der Waals surface area (Å²) >= 11 is 0. The van der Waals surface area contributed by atoms with Crippen molar-refractivity contribution in [3.8, 4) is 0 Å². The van der Waals surface area contributed by atoms with Gasteiger partial charge in [0.25, 0.3) is 0 Å². The highest BCUT2D eigenvalue weighted by atomic mass is 16.4. The SMILES string of the molecule is CCN(CC)CC(=O)Nc1c(N2CCCCC2)c2ccccc2oc1=O. The Bertz CT molecular complexity index is 821. The average Bonchev–Trinajstić information content (AvgIpc) is 2.67. The predicted octanol–water partition coefficient (Wildman–Crippen LogP) is 3.06. The van der Waals surface area contributed by atoms with Crippen LogP contribution < -0.4 is 15.8 Å². The summed E-state index contributed by atoms with van der Waals surface area (Å²) in [5, 5.41) is 3.71. The Morgan fingerprint density at radius 1 is 1.15 bits per heavy atom. The lowest BCUT2D eigenvalue weighted by atomic mass is 10.1. The number of carbonyl (C=O) groups is 1. The van der Waals surface area contributed by atoms with Crippen molar-refractivity contribution < 1.29 is 9.21 Å². The lowest BCUT2D eigenvalue weighted by Gasteiger charge is -2.31. The Labute approximate surface area is 153 Å². The fraction of sp³-hybridized carbons (Fsp3) is 0.500. The molecular formula is C20H27N3O3. The van der Waals surface area contributed by atoms with Gasteiger partial charge in [0.15, 0.2) is 5.69 Å². The Morgan fingerprint density at radius 3 is 2.54 bits per heavy atom. The molecule has 6 heteroatoms. The van der Waals surface area contributed by atoms with Crippen LogP contribution in [0.1, 0.15) is 33.1 Å². The average molecular weight is 357 g/mol. The zero-order chi connectivity index (χ0) is 18.5. The zero-order valence-corrected chi connectivity index (χ0v) is 15.6. The molecule has 1 aromatic heterocycles. The van der Waals surface area contributed by atoms with Crippen molar-refractivity contribution in [3.05, 3.63) is 34.7 Å². The number of amides is 1. The molecule has 1 amide bonds. The highest BCUT2D eigenvalue weighted by Gasteiger charge is 2.23. The van der Waals surface area contributed by atoms with Gasteiger partial charge in [0.05, 0.1) is 12.2 Å². The summed E-state index contributed by atoms with van der Waals surface area (Å²) < 4.78 is 5.47. The number of carbonyl (C=O) groups excluding carboxylic acids is 1. The molecule has 1 saturated heterocycles. The van der Waals surface area contributed by atoms with Crippen molar-refractivity contribution >= 4 is 28.3 Å². The number of anilines is 2. The molecule has 1 aliphatic rings. The van der Waals surface area contributed by atoms with Gasteiger partial charge in [-0.05, 0) is 44.5 Å². The molecule has 0 radical (unpaired) electrons. The molecule has 140 valence electrons. The minimum atomic E-state index is -0.489. The Morgan fingerprint density at radius 2 is 1.85 bits per heavy atom. The van der Waals surface area contributed by atoms with Gasteiger partial charge in [-0.2, -0.15) is 0 Å². The fourth-order valence-corrected chi connectivity index (χ4v) is 3.52. The van der Waals surface area contributed by atoms with Gasteiger partial charge in [-0.3, -0.25) is 9.69 Å². The van der Waals surface area contributed by atoms with Gasteiger partial charge in [0.1, 0.15) is 5.58 Å². The van der Waals surface area contributed by atoms with Crippen LogP contribution in [0.5, 0.6) is 0 Å². The fourth-order valence-electron chi connectivity index (χ4n) is 3.52. The van der Waals surface area contributed by atoms with Crippen molar-refractivity contribution in [3.63, 3.8) is 0 Å². The standard InChI is InChI=1S/C20H27N3O3/c1-3-22(4-2)14-17(24)21-18-19(23-12-8-5-9-13-23)15-10-6-7-11-16(15)26-20(18)25/h6-7,10-11H,3-5,8-9,12-14H2,1-2H3,(H,21,24). The molecule has 3 rings (SSSR count). The van der Waals surface area contributed by atoms with Crippen molar-refractivity contribution in [2.75, 3.05) is 42.9 Å². The topological polar surface area (TPSA) is 65.8 Å². The van der Waals surface area contributed by atoms with Gasteiger partial charge in [0.2, 0.25) is 5.91 Å². The number of nitrogens with one attached hydrogen (secondary N) is 1. The molecule has 1 N–H and O–H groups in total. The van der Waals surface area contributed by atoms with Crippen LogP contribution >= 0.6 is 0 Å². The number of fused-ring (bicyclic) bond motifs is 1. The van der Waals surface area contributed by atoms with Crippen LogP contribution in [0.2, 0.25) is 0 Å². The summed E-state index contributed by atoms with van der Waals surface area (Å²) in [5.41, 5.74) is 1.13. The Balaban J connectivity index is 2.01. The highest BCUT2D eigenvalue weighted by Crippen LogP contribution is 2.33. The van der Waals surface area contributed by atoms with E-state index in [-0.39, 0.29) is 18.1 Å². The summed E-state index contributed by atoms with van der Waals surface area (Å²) in [7, 11) is 0. The van der Waals surface area contributed by atoms with Crippen molar-refractivity contribution in [2.24, 2.45) is 0 Å². The van der Waals surface area contributed by atoms with E-state index in [1.807, 2.05) is 36.9 Å². The van der Waals surface area contributed by atoms with Crippen LogP contribution in [0, 0.1) is 0 Å². The van der Waals surface area contributed by atoms with E-state index in [1.54, 1.807) is 6.07 Å². The molecular weight excluding hydrogens is 330 g/mol. The lowest BCUT2D eigenvalue weighted by molar-refractivity contribution is -0.117. The molecule has 2 aromatic rings. The van der Waals surface area contributed by atoms with Gasteiger partial charge in [-0.25, -0.2) is 4.79 Å². The van der Waals surface area contributed by atoms with Crippen LogP contribution in [0.15, 0.2) is 33.5 Å². The highest BCUT2D eigenvalue weighted by molar-refractivity contribution is 6.03. The Kier molecular flexibility index (Phi) is 5.93. The molecule has 0 unspecified atom stereocenters. The lowest BCUT2D eigenvalue weighted by Crippen LogP contribution is -2.36. The number of piperidine rings is 1. The maximum absolute atomic E-state index is 12.6. The van der Waals surface area contributed by atoms with E-state index in [0.717, 1.165) is 50.1 Å². The maximum Gasteiger partial charge on any atom is 0.362 e. The van der Waals surface area contributed by atoms with Gasteiger partial charge in [-0.1, -0.05) is 26.0 Å². The minimum Gasteiger partial charge on any atom is -0.421 e. The number of benzene rings is 1. The summed E-state index contributed by atoms with van der Waals surface area (Å²) in [6.07, 6.45) is 3.36. The number of hydrogen-bond donors (Lipinski definition) is 1. The van der Waals surface area contributed by atoms with E-state index in [4.69, 9.17) is 4.42 Å². The third-order valence-electron chi connectivity index (χ3n) is 4.98. The van der Waals surface area contributed by atoms with Crippen LogP contribution in [0.25, 0.3) is 11.0 Å². The summed E-state index contributed by atoms with van der Waals surface area (Å²) in [6, 6.07) is 7.52. The second kappa shape index (κ2) is 8.36. The first-order chi connectivity index (χ1) is 12.6. The van der Waals surface area contributed by atoms with Crippen LogP contribution in [-0.4, -0.2) is 43.5 Å². The molecule has 6 nitrogen and oxygen atoms in total. The van der Waals surface area contributed by atoms with E-state index in [2.05, 4.69) is 10.2 Å². The maximum atomic E-state index is 12.6. The smallest absolute Gasteiger partial charge is 0.362 e. The van der Waals surface area contributed by atoms with Crippen molar-refractivity contribution in [1.82, 2.24) is 4.90 Å². The molecule has 0 saturated carbocycles. The van der Waals surface area contributed by atoms with E-state index in [9.17, 15) is 9.59 Å². The first kappa shape index (κ1) is 18.5. The van der Waals surface area contributed by atoms with Gasteiger partial charge in [0, 0.05) is 18.5 Å². The molecule has 26 heavy (non-hydrogen) atoms. The molecule has 0 spiro atoms. The van der Waals surface area contributed by atoms with Crippen LogP contribution in [0.3, 0.4) is 0 Å².